The van der Waals surface area contributed by atoms with Crippen molar-refractivity contribution in [3.63, 3.8) is 0 Å². The largest absolute Gasteiger partial charge is 0.317 e. The number of aryl methyl sites for hydroxylation is 1. The first-order valence-electron chi connectivity index (χ1n) is 4.97. The Bertz CT molecular complexity index is 314. The van der Waals surface area contributed by atoms with Crippen molar-refractivity contribution in [2.75, 3.05) is 7.05 Å². The molecule has 0 aromatic carbocycles. The van der Waals surface area contributed by atoms with E-state index in [1.165, 1.54) is 24.1 Å². The third kappa shape index (κ3) is 1.53. The predicted molar refractivity (Wildman–Crippen MR) is 58.7 cm³/mol. The van der Waals surface area contributed by atoms with E-state index in [0.29, 0.717) is 6.04 Å². The molecule has 1 aromatic rings. The van der Waals surface area contributed by atoms with Crippen molar-refractivity contribution in [1.29, 1.82) is 0 Å². The Balaban J connectivity index is 2.31. The summed E-state index contributed by atoms with van der Waals surface area (Å²) in [5.41, 5.74) is 3.20. The number of fused-ring (bicyclic) bond motifs is 1. The number of likely N-dealkylation sites (N-methyl/N-ethyl adjacent to an activating group) is 1. The highest BCUT2D eigenvalue weighted by atomic mass is 32.1. The molecule has 2 rings (SSSR count). The second kappa shape index (κ2) is 3.43. The maximum absolute atomic E-state index is 3.38. The van der Waals surface area contributed by atoms with Crippen LogP contribution < -0.4 is 5.32 Å². The highest BCUT2D eigenvalue weighted by Crippen LogP contribution is 2.33. The van der Waals surface area contributed by atoms with Crippen LogP contribution in [0.2, 0.25) is 0 Å². The van der Waals surface area contributed by atoms with Gasteiger partial charge in [-0.1, -0.05) is 0 Å². The average Bonchev–Trinajstić information content (AvgIpc) is 2.42. The van der Waals surface area contributed by atoms with Crippen LogP contribution in [0, 0.1) is 13.8 Å². The van der Waals surface area contributed by atoms with Gasteiger partial charge in [-0.15, -0.1) is 11.3 Å². The first kappa shape index (κ1) is 9.22. The summed E-state index contributed by atoms with van der Waals surface area (Å²) >= 11 is 2.00. The third-order valence-corrected chi connectivity index (χ3v) is 4.45. The summed E-state index contributed by atoms with van der Waals surface area (Å²) in [6.07, 6.45) is 3.82. The van der Waals surface area contributed by atoms with E-state index < -0.39 is 0 Å². The lowest BCUT2D eigenvalue weighted by Crippen LogP contribution is -2.30. The van der Waals surface area contributed by atoms with Crippen LogP contribution in [0.25, 0.3) is 0 Å². The lowest BCUT2D eigenvalue weighted by molar-refractivity contribution is 0.501. The smallest absolute Gasteiger partial charge is 0.0116 e. The molecular formula is C11H17NS. The number of thiophene rings is 1. The number of hydrogen-bond acceptors (Lipinski definition) is 2. The van der Waals surface area contributed by atoms with Gasteiger partial charge in [-0.05, 0) is 51.3 Å². The molecule has 0 saturated carbocycles. The van der Waals surface area contributed by atoms with Gasteiger partial charge < -0.3 is 5.32 Å². The molecule has 1 aromatic heterocycles. The van der Waals surface area contributed by atoms with E-state index in [1.807, 2.05) is 11.3 Å². The molecule has 0 spiro atoms. The summed E-state index contributed by atoms with van der Waals surface area (Å²) in [5, 5.41) is 3.38. The molecule has 1 heterocycles. The fraction of sp³-hybridized carbons (Fsp3) is 0.636. The van der Waals surface area contributed by atoms with E-state index in [-0.39, 0.29) is 0 Å². The molecule has 1 nitrogen and oxygen atoms in total. The van der Waals surface area contributed by atoms with Gasteiger partial charge in [0, 0.05) is 15.8 Å². The van der Waals surface area contributed by atoms with E-state index >= 15 is 0 Å². The zero-order valence-corrected chi connectivity index (χ0v) is 9.42. The lowest BCUT2D eigenvalue weighted by atomic mass is 9.92. The van der Waals surface area contributed by atoms with Crippen LogP contribution in [-0.4, -0.2) is 13.1 Å². The Labute approximate surface area is 84.2 Å². The molecular weight excluding hydrogens is 178 g/mol. The molecule has 1 unspecified atom stereocenters. The van der Waals surface area contributed by atoms with Crippen LogP contribution in [0.4, 0.5) is 0 Å². The van der Waals surface area contributed by atoms with E-state index in [9.17, 15) is 0 Å². The molecule has 1 atom stereocenters. The minimum absolute atomic E-state index is 0.713. The van der Waals surface area contributed by atoms with Gasteiger partial charge in [-0.3, -0.25) is 0 Å². The fourth-order valence-corrected chi connectivity index (χ4v) is 3.44. The van der Waals surface area contributed by atoms with Crippen molar-refractivity contribution in [2.24, 2.45) is 0 Å². The SMILES string of the molecule is CNC1CCc2c(sc(C)c2C)C1. The maximum Gasteiger partial charge on any atom is 0.0116 e. The lowest BCUT2D eigenvalue weighted by Gasteiger charge is -2.21. The van der Waals surface area contributed by atoms with Crippen molar-refractivity contribution >= 4 is 11.3 Å². The van der Waals surface area contributed by atoms with Gasteiger partial charge >= 0.3 is 0 Å². The number of hydrogen-bond donors (Lipinski definition) is 1. The molecule has 0 fully saturated rings. The molecule has 72 valence electrons. The zero-order chi connectivity index (χ0) is 9.42. The van der Waals surface area contributed by atoms with Crippen molar-refractivity contribution < 1.29 is 0 Å². The van der Waals surface area contributed by atoms with E-state index in [2.05, 4.69) is 26.2 Å². The molecule has 1 N–H and O–H groups in total. The van der Waals surface area contributed by atoms with Crippen LogP contribution in [0.5, 0.6) is 0 Å². The molecule has 2 heteroatoms. The van der Waals surface area contributed by atoms with Crippen LogP contribution in [0.3, 0.4) is 0 Å². The topological polar surface area (TPSA) is 12.0 Å². The van der Waals surface area contributed by atoms with Gasteiger partial charge in [-0.2, -0.15) is 0 Å². The first-order valence-corrected chi connectivity index (χ1v) is 5.79. The Kier molecular flexibility index (Phi) is 2.43. The highest BCUT2D eigenvalue weighted by Gasteiger charge is 2.21. The van der Waals surface area contributed by atoms with Crippen LogP contribution in [0.15, 0.2) is 0 Å². The summed E-state index contributed by atoms with van der Waals surface area (Å²) in [7, 11) is 2.07. The Morgan fingerprint density at radius 1 is 1.38 bits per heavy atom. The third-order valence-electron chi connectivity index (χ3n) is 3.18. The normalized spacial score (nSPS) is 21.6. The van der Waals surface area contributed by atoms with Gasteiger partial charge in [0.25, 0.3) is 0 Å². The van der Waals surface area contributed by atoms with Gasteiger partial charge in [0.1, 0.15) is 0 Å². The Morgan fingerprint density at radius 3 is 2.85 bits per heavy atom. The average molecular weight is 195 g/mol. The summed E-state index contributed by atoms with van der Waals surface area (Å²) in [5.74, 6) is 0. The van der Waals surface area contributed by atoms with Crippen LogP contribution >= 0.6 is 11.3 Å². The van der Waals surface area contributed by atoms with Crippen molar-refractivity contribution in [1.82, 2.24) is 5.32 Å². The van der Waals surface area contributed by atoms with Crippen molar-refractivity contribution in [2.45, 2.75) is 39.2 Å². The van der Waals surface area contributed by atoms with Gasteiger partial charge in [0.15, 0.2) is 0 Å². The minimum atomic E-state index is 0.713. The van der Waals surface area contributed by atoms with Gasteiger partial charge in [-0.25, -0.2) is 0 Å². The molecule has 0 saturated heterocycles. The van der Waals surface area contributed by atoms with E-state index in [1.54, 1.807) is 16.0 Å². The van der Waals surface area contributed by atoms with Gasteiger partial charge in [0.05, 0.1) is 0 Å². The molecule has 0 aliphatic heterocycles. The van der Waals surface area contributed by atoms with E-state index in [4.69, 9.17) is 0 Å². The molecule has 1 aliphatic rings. The van der Waals surface area contributed by atoms with Gasteiger partial charge in [0.2, 0.25) is 0 Å². The highest BCUT2D eigenvalue weighted by molar-refractivity contribution is 7.12. The fourth-order valence-electron chi connectivity index (χ4n) is 2.13. The molecule has 0 bridgehead atoms. The van der Waals surface area contributed by atoms with Crippen molar-refractivity contribution in [3.05, 3.63) is 20.9 Å². The first-order chi connectivity index (χ1) is 6.22. The van der Waals surface area contributed by atoms with Crippen LogP contribution in [-0.2, 0) is 12.8 Å². The Hall–Kier alpha value is -0.340. The molecule has 1 aliphatic carbocycles. The minimum Gasteiger partial charge on any atom is -0.317 e. The quantitative estimate of drug-likeness (QED) is 0.726. The second-order valence-electron chi connectivity index (χ2n) is 3.91. The molecule has 0 amide bonds. The standard InChI is InChI=1S/C11H17NS/c1-7-8(2)13-11-6-9(12-3)4-5-10(7)11/h9,12H,4-6H2,1-3H3. The predicted octanol–water partition coefficient (Wildman–Crippen LogP) is 2.44. The summed E-state index contributed by atoms with van der Waals surface area (Å²) in [6.45, 7) is 4.51. The summed E-state index contributed by atoms with van der Waals surface area (Å²) in [6, 6.07) is 0.713. The summed E-state index contributed by atoms with van der Waals surface area (Å²) in [4.78, 5) is 3.14. The Morgan fingerprint density at radius 2 is 2.15 bits per heavy atom. The summed E-state index contributed by atoms with van der Waals surface area (Å²) < 4.78 is 0. The number of nitrogens with one attached hydrogen (secondary N) is 1. The van der Waals surface area contributed by atoms with Crippen LogP contribution in [0.1, 0.15) is 27.3 Å². The maximum atomic E-state index is 3.38. The second-order valence-corrected chi connectivity index (χ2v) is 5.22. The zero-order valence-electron chi connectivity index (χ0n) is 8.61. The molecule has 13 heavy (non-hydrogen) atoms. The molecule has 0 radical (unpaired) electrons. The number of rotatable bonds is 1. The monoisotopic (exact) mass is 195 g/mol. The van der Waals surface area contributed by atoms with E-state index in [0.717, 1.165) is 0 Å². The van der Waals surface area contributed by atoms with Crippen molar-refractivity contribution in [3.8, 4) is 0 Å².